The molecule has 1 heterocycles. The number of benzene rings is 1. The molecule has 2 rings (SSSR count). The van der Waals surface area contributed by atoms with Crippen molar-refractivity contribution in [3.63, 3.8) is 0 Å². The summed E-state index contributed by atoms with van der Waals surface area (Å²) >= 11 is 6.24. The van der Waals surface area contributed by atoms with Crippen molar-refractivity contribution in [2.45, 2.75) is 11.1 Å². The SMILES string of the molecule is O=[N+]([O-])c1c(S(=O)(=O)Nc2ccc(C(F)(F)F)cc2)csc1Cl. The van der Waals surface area contributed by atoms with Crippen LogP contribution in [0.2, 0.25) is 4.34 Å². The minimum absolute atomic E-state index is 0.172. The molecule has 0 amide bonds. The second kappa shape index (κ2) is 5.98. The van der Waals surface area contributed by atoms with Crippen molar-refractivity contribution >= 4 is 44.3 Å². The number of nitrogens with zero attached hydrogens (tertiary/aromatic N) is 1. The number of thiophene rings is 1. The zero-order valence-electron chi connectivity index (χ0n) is 10.8. The highest BCUT2D eigenvalue weighted by Gasteiger charge is 2.32. The fraction of sp³-hybridized carbons (Fsp3) is 0.0909. The van der Waals surface area contributed by atoms with Crippen LogP contribution in [-0.4, -0.2) is 13.3 Å². The fourth-order valence-electron chi connectivity index (χ4n) is 1.60. The van der Waals surface area contributed by atoms with E-state index in [9.17, 15) is 31.7 Å². The quantitative estimate of drug-likeness (QED) is 0.632. The lowest BCUT2D eigenvalue weighted by Crippen LogP contribution is -2.14. The Hall–Kier alpha value is -1.85. The Morgan fingerprint density at radius 3 is 2.26 bits per heavy atom. The molecule has 0 aliphatic heterocycles. The molecule has 12 heteroatoms. The first-order valence-electron chi connectivity index (χ1n) is 5.64. The number of anilines is 1. The average Bonchev–Trinajstić information content (AvgIpc) is 2.80. The molecule has 1 aromatic carbocycles. The Kier molecular flexibility index (Phi) is 4.55. The van der Waals surface area contributed by atoms with Gasteiger partial charge in [0, 0.05) is 11.1 Å². The van der Waals surface area contributed by atoms with Gasteiger partial charge in [-0.1, -0.05) is 11.6 Å². The molecule has 0 bridgehead atoms. The van der Waals surface area contributed by atoms with Crippen molar-refractivity contribution in [2.75, 3.05) is 4.72 Å². The van der Waals surface area contributed by atoms with Gasteiger partial charge in [-0.05, 0) is 24.3 Å². The van der Waals surface area contributed by atoms with Gasteiger partial charge < -0.3 is 0 Å². The second-order valence-corrected chi connectivity index (χ2v) is 7.29. The molecule has 0 atom stereocenters. The number of alkyl halides is 3. The lowest BCUT2D eigenvalue weighted by Gasteiger charge is -2.09. The first-order valence-corrected chi connectivity index (χ1v) is 8.38. The maximum Gasteiger partial charge on any atom is 0.416 e. The lowest BCUT2D eigenvalue weighted by atomic mass is 10.2. The highest BCUT2D eigenvalue weighted by Crippen LogP contribution is 2.38. The van der Waals surface area contributed by atoms with Crippen LogP contribution >= 0.6 is 22.9 Å². The number of hydrogen-bond acceptors (Lipinski definition) is 5. The summed E-state index contributed by atoms with van der Waals surface area (Å²) in [4.78, 5) is 9.27. The Morgan fingerprint density at radius 1 is 1.22 bits per heavy atom. The Balaban J connectivity index is 2.34. The van der Waals surface area contributed by atoms with E-state index < -0.39 is 37.3 Å². The second-order valence-electron chi connectivity index (χ2n) is 4.16. The topological polar surface area (TPSA) is 89.3 Å². The van der Waals surface area contributed by atoms with Crippen LogP contribution in [0.3, 0.4) is 0 Å². The summed E-state index contributed by atoms with van der Waals surface area (Å²) in [5.74, 6) is 0. The normalized spacial score (nSPS) is 12.2. The van der Waals surface area contributed by atoms with E-state index in [4.69, 9.17) is 11.6 Å². The largest absolute Gasteiger partial charge is 0.416 e. The summed E-state index contributed by atoms with van der Waals surface area (Å²) in [7, 11) is -4.36. The monoisotopic (exact) mass is 386 g/mol. The molecule has 2 aromatic rings. The van der Waals surface area contributed by atoms with Crippen LogP contribution in [0.25, 0.3) is 0 Å². The van der Waals surface area contributed by atoms with Crippen molar-refractivity contribution in [3.05, 3.63) is 49.7 Å². The molecular weight excluding hydrogens is 381 g/mol. The summed E-state index contributed by atoms with van der Waals surface area (Å²) < 4.78 is 63.2. The number of halogens is 4. The zero-order chi connectivity index (χ0) is 17.4. The van der Waals surface area contributed by atoms with Crippen LogP contribution in [0, 0.1) is 10.1 Å². The molecule has 0 aliphatic rings. The molecule has 1 aromatic heterocycles. The van der Waals surface area contributed by atoms with Gasteiger partial charge in [0.2, 0.25) is 0 Å². The third kappa shape index (κ3) is 3.74. The average molecular weight is 387 g/mol. The van der Waals surface area contributed by atoms with Crippen molar-refractivity contribution in [1.82, 2.24) is 0 Å². The van der Waals surface area contributed by atoms with E-state index in [1.807, 2.05) is 4.72 Å². The van der Waals surface area contributed by atoms with Gasteiger partial charge in [0.1, 0.15) is 0 Å². The molecule has 0 saturated heterocycles. The van der Waals surface area contributed by atoms with E-state index in [1.54, 1.807) is 0 Å². The summed E-state index contributed by atoms with van der Waals surface area (Å²) in [6.45, 7) is 0. The Morgan fingerprint density at radius 2 is 1.78 bits per heavy atom. The molecular formula is C11H6ClF3N2O4S2. The minimum Gasteiger partial charge on any atom is -0.279 e. The van der Waals surface area contributed by atoms with Gasteiger partial charge in [0.25, 0.3) is 10.0 Å². The summed E-state index contributed by atoms with van der Waals surface area (Å²) in [5, 5.41) is 11.8. The Bertz CT molecular complexity index is 847. The summed E-state index contributed by atoms with van der Waals surface area (Å²) in [5.41, 5.74) is -1.91. The van der Waals surface area contributed by atoms with Crippen molar-refractivity contribution < 1.29 is 26.5 Å². The van der Waals surface area contributed by atoms with Gasteiger partial charge >= 0.3 is 11.9 Å². The van der Waals surface area contributed by atoms with E-state index in [2.05, 4.69) is 0 Å². The predicted octanol–water partition coefficient (Wildman–Crippen LogP) is 4.13. The number of nitro groups is 1. The number of sulfonamides is 1. The van der Waals surface area contributed by atoms with Crippen LogP contribution in [0.1, 0.15) is 5.56 Å². The predicted molar refractivity (Wildman–Crippen MR) is 78.2 cm³/mol. The van der Waals surface area contributed by atoms with Gasteiger partial charge in [0.15, 0.2) is 9.23 Å². The van der Waals surface area contributed by atoms with Crippen LogP contribution in [-0.2, 0) is 16.2 Å². The van der Waals surface area contributed by atoms with Gasteiger partial charge in [-0.25, -0.2) is 8.42 Å². The molecule has 1 N–H and O–H groups in total. The van der Waals surface area contributed by atoms with Crippen molar-refractivity contribution in [1.29, 1.82) is 0 Å². The highest BCUT2D eigenvalue weighted by molar-refractivity contribution is 7.93. The van der Waals surface area contributed by atoms with Gasteiger partial charge in [-0.2, -0.15) is 13.2 Å². The van der Waals surface area contributed by atoms with Gasteiger partial charge in [-0.3, -0.25) is 14.8 Å². The van der Waals surface area contributed by atoms with Crippen LogP contribution in [0.5, 0.6) is 0 Å². The van der Waals surface area contributed by atoms with E-state index >= 15 is 0 Å². The first kappa shape index (κ1) is 17.5. The number of hydrogen-bond donors (Lipinski definition) is 1. The highest BCUT2D eigenvalue weighted by atomic mass is 35.5. The van der Waals surface area contributed by atoms with Gasteiger partial charge in [0.05, 0.1) is 10.5 Å². The van der Waals surface area contributed by atoms with Gasteiger partial charge in [-0.15, -0.1) is 11.3 Å². The fourth-order valence-corrected chi connectivity index (χ4v) is 4.29. The zero-order valence-corrected chi connectivity index (χ0v) is 13.2. The lowest BCUT2D eigenvalue weighted by molar-refractivity contribution is -0.387. The molecule has 124 valence electrons. The smallest absolute Gasteiger partial charge is 0.279 e. The van der Waals surface area contributed by atoms with E-state index in [0.29, 0.717) is 23.5 Å². The molecule has 0 fully saturated rings. The van der Waals surface area contributed by atoms with Crippen molar-refractivity contribution in [3.8, 4) is 0 Å². The molecule has 0 aliphatic carbocycles. The van der Waals surface area contributed by atoms with E-state index in [-0.39, 0.29) is 10.0 Å². The molecule has 0 unspecified atom stereocenters. The standard InChI is InChI=1S/C11H6ClF3N2O4S2/c12-10-9(17(18)19)8(5-22-10)23(20,21)16-7-3-1-6(2-4-7)11(13,14)15/h1-5,16H. The molecule has 0 saturated carbocycles. The Labute approximate surface area is 136 Å². The van der Waals surface area contributed by atoms with Crippen LogP contribution in [0.15, 0.2) is 34.5 Å². The summed E-state index contributed by atoms with van der Waals surface area (Å²) in [6, 6.07) is 3.18. The third-order valence-corrected chi connectivity index (χ3v) is 5.37. The first-order chi connectivity index (χ1) is 10.5. The van der Waals surface area contributed by atoms with Crippen LogP contribution < -0.4 is 4.72 Å². The maximum absolute atomic E-state index is 12.4. The number of rotatable bonds is 4. The summed E-state index contributed by atoms with van der Waals surface area (Å²) in [6.07, 6.45) is -4.56. The molecule has 0 radical (unpaired) electrons. The van der Waals surface area contributed by atoms with Crippen LogP contribution in [0.4, 0.5) is 24.5 Å². The molecule has 0 spiro atoms. The van der Waals surface area contributed by atoms with E-state index in [1.165, 1.54) is 0 Å². The minimum atomic E-state index is -4.56. The number of nitrogens with one attached hydrogen (secondary N) is 1. The molecule has 23 heavy (non-hydrogen) atoms. The third-order valence-electron chi connectivity index (χ3n) is 2.63. The maximum atomic E-state index is 12.4. The molecule has 6 nitrogen and oxygen atoms in total. The van der Waals surface area contributed by atoms with Crippen molar-refractivity contribution in [2.24, 2.45) is 0 Å². The van der Waals surface area contributed by atoms with E-state index in [0.717, 1.165) is 17.5 Å².